The van der Waals surface area contributed by atoms with E-state index in [1.165, 1.54) is 11.6 Å². The van der Waals surface area contributed by atoms with Crippen molar-refractivity contribution in [1.29, 1.82) is 0 Å². The molecule has 0 spiro atoms. The van der Waals surface area contributed by atoms with Crippen LogP contribution in [0.15, 0.2) is 40.3 Å². The zero-order chi connectivity index (χ0) is 22.5. The molecule has 1 amide bonds. The molecule has 1 unspecified atom stereocenters. The summed E-state index contributed by atoms with van der Waals surface area (Å²) >= 11 is 0. The number of rotatable bonds is 4. The molecule has 1 atom stereocenters. The van der Waals surface area contributed by atoms with Crippen LogP contribution in [0.1, 0.15) is 28.7 Å². The van der Waals surface area contributed by atoms with Gasteiger partial charge in [0, 0.05) is 11.9 Å². The van der Waals surface area contributed by atoms with Crippen molar-refractivity contribution in [2.45, 2.75) is 44.6 Å². The first-order valence-corrected chi connectivity index (χ1v) is 12.2. The Kier molecular flexibility index (Phi) is 5.43. The van der Waals surface area contributed by atoms with E-state index < -0.39 is 9.39 Å². The Hall–Kier alpha value is -2.64. The summed E-state index contributed by atoms with van der Waals surface area (Å²) in [6, 6.07) is 9.35. The minimum atomic E-state index is -1.89. The number of benzene rings is 2. The predicted octanol–water partition coefficient (Wildman–Crippen LogP) is 3.89. The average Bonchev–Trinajstić information content (AvgIpc) is 3.14. The van der Waals surface area contributed by atoms with Gasteiger partial charge >= 0.3 is 0 Å². The number of nitrogens with zero attached hydrogens (tertiary/aromatic N) is 3. The number of carbonyl (C=O) groups is 1. The zero-order valence-corrected chi connectivity index (χ0v) is 19.4. The highest BCUT2D eigenvalue weighted by molar-refractivity contribution is 8.26. The van der Waals surface area contributed by atoms with Crippen molar-refractivity contribution in [3.05, 3.63) is 58.4 Å². The Bertz CT molecular complexity index is 1200. The Balaban J connectivity index is 1.83. The second-order valence-corrected chi connectivity index (χ2v) is 11.2. The van der Waals surface area contributed by atoms with Crippen LogP contribution >= 0.6 is 9.39 Å². The maximum atomic E-state index is 14.9. The number of amides is 1. The number of anilines is 1. The number of aryl methyl sites for hydroxylation is 2. The normalized spacial score (nSPS) is 19.1. The SMILES string of the molecule is C=S1(=C)c2ccc(C)cc2N(C)CN1C(Cc1c(F)ccc(C)c1C)C1=NNC(=O)C1. The van der Waals surface area contributed by atoms with E-state index in [9.17, 15) is 9.18 Å². The number of hydrogen-bond donors (Lipinski definition) is 1. The number of halogens is 1. The quantitative estimate of drug-likeness (QED) is 0.734. The molecule has 0 fully saturated rings. The predicted molar refractivity (Wildman–Crippen MR) is 130 cm³/mol. The van der Waals surface area contributed by atoms with Crippen LogP contribution in [0, 0.1) is 26.6 Å². The summed E-state index contributed by atoms with van der Waals surface area (Å²) < 4.78 is 17.1. The average molecular weight is 441 g/mol. The summed E-state index contributed by atoms with van der Waals surface area (Å²) in [6.45, 7) is 6.57. The van der Waals surface area contributed by atoms with Crippen molar-refractivity contribution in [2.24, 2.45) is 5.10 Å². The molecule has 2 aromatic rings. The van der Waals surface area contributed by atoms with Gasteiger partial charge in [-0.2, -0.15) is 5.10 Å². The van der Waals surface area contributed by atoms with Crippen LogP contribution < -0.4 is 10.3 Å². The molecule has 2 aliphatic rings. The maximum Gasteiger partial charge on any atom is 0.245 e. The maximum absolute atomic E-state index is 14.9. The lowest BCUT2D eigenvalue weighted by atomic mass is 9.94. The summed E-state index contributed by atoms with van der Waals surface area (Å²) in [6.07, 6.45) is 0.607. The molecule has 0 radical (unpaired) electrons. The number of fused-ring (bicyclic) bond motifs is 1. The Morgan fingerprint density at radius 1 is 1.23 bits per heavy atom. The van der Waals surface area contributed by atoms with E-state index in [2.05, 4.69) is 56.6 Å². The Morgan fingerprint density at radius 3 is 2.65 bits per heavy atom. The standard InChI is InChI=1S/C24H29FN4OS/c1-15-7-10-23-22(11-15)28(4)14-29(31(23,5)6)21(20-13-24(30)27-26-20)12-18-17(3)16(2)8-9-19(18)25/h7-11,21H,5-6,12-14H2,1-4H3,(H,27,30). The van der Waals surface area contributed by atoms with E-state index in [-0.39, 0.29) is 24.2 Å². The van der Waals surface area contributed by atoms with Gasteiger partial charge in [0.15, 0.2) is 0 Å². The number of nitrogens with one attached hydrogen (secondary N) is 1. The van der Waals surface area contributed by atoms with Crippen LogP contribution in [0.25, 0.3) is 0 Å². The lowest BCUT2D eigenvalue weighted by Crippen LogP contribution is -2.48. The molecular formula is C24H29FN4OS. The molecule has 164 valence electrons. The van der Waals surface area contributed by atoms with Crippen molar-refractivity contribution >= 4 is 38.4 Å². The van der Waals surface area contributed by atoms with Crippen molar-refractivity contribution in [2.75, 3.05) is 18.6 Å². The van der Waals surface area contributed by atoms with Gasteiger partial charge in [0.25, 0.3) is 0 Å². The van der Waals surface area contributed by atoms with Gasteiger partial charge < -0.3 is 4.90 Å². The minimum absolute atomic E-state index is 0.142. The summed E-state index contributed by atoms with van der Waals surface area (Å²) in [5.74, 6) is 8.72. The smallest absolute Gasteiger partial charge is 0.245 e. The molecule has 0 saturated heterocycles. The van der Waals surface area contributed by atoms with Crippen molar-refractivity contribution in [1.82, 2.24) is 9.73 Å². The van der Waals surface area contributed by atoms with Gasteiger partial charge in [-0.25, -0.2) is 14.1 Å². The molecule has 0 saturated carbocycles. The van der Waals surface area contributed by atoms with Crippen LogP contribution in [0.2, 0.25) is 0 Å². The molecule has 5 nitrogen and oxygen atoms in total. The fourth-order valence-corrected chi connectivity index (χ4v) is 6.61. The van der Waals surface area contributed by atoms with Crippen LogP contribution in [0.3, 0.4) is 0 Å². The molecule has 2 heterocycles. The van der Waals surface area contributed by atoms with E-state index >= 15 is 0 Å². The molecule has 4 rings (SSSR count). The largest absolute Gasteiger partial charge is 0.360 e. The van der Waals surface area contributed by atoms with Gasteiger partial charge in [-0.05, 0) is 67.6 Å². The van der Waals surface area contributed by atoms with Gasteiger partial charge in [-0.3, -0.25) is 4.79 Å². The van der Waals surface area contributed by atoms with Crippen LogP contribution in [0.4, 0.5) is 10.1 Å². The van der Waals surface area contributed by atoms with Crippen LogP contribution in [0.5, 0.6) is 0 Å². The van der Waals surface area contributed by atoms with E-state index in [0.29, 0.717) is 24.4 Å². The lowest BCUT2D eigenvalue weighted by Gasteiger charge is -2.46. The van der Waals surface area contributed by atoms with Crippen molar-refractivity contribution in [3.8, 4) is 0 Å². The summed E-state index contributed by atoms with van der Waals surface area (Å²) in [5, 5.41) is 4.32. The first-order valence-electron chi connectivity index (χ1n) is 10.3. The van der Waals surface area contributed by atoms with E-state index in [1.807, 2.05) is 20.9 Å². The Labute approximate surface area is 184 Å². The monoisotopic (exact) mass is 440 g/mol. The summed E-state index contributed by atoms with van der Waals surface area (Å²) in [5.41, 5.74) is 8.19. The third kappa shape index (κ3) is 3.77. The zero-order valence-electron chi connectivity index (χ0n) is 18.5. The first kappa shape index (κ1) is 21.6. The molecule has 7 heteroatoms. The molecule has 0 bridgehead atoms. The second kappa shape index (κ2) is 7.80. The molecular weight excluding hydrogens is 411 g/mol. The van der Waals surface area contributed by atoms with Crippen LogP contribution in [-0.4, -0.2) is 47.4 Å². The Morgan fingerprint density at radius 2 is 1.97 bits per heavy atom. The van der Waals surface area contributed by atoms with Crippen molar-refractivity contribution in [3.63, 3.8) is 0 Å². The third-order valence-electron chi connectivity index (χ3n) is 6.34. The molecule has 1 N–H and O–H groups in total. The van der Waals surface area contributed by atoms with Gasteiger partial charge in [-0.15, -0.1) is 9.39 Å². The number of hydrazone groups is 1. The lowest BCUT2D eigenvalue weighted by molar-refractivity contribution is -0.119. The van der Waals surface area contributed by atoms with Gasteiger partial charge in [0.1, 0.15) is 5.82 Å². The van der Waals surface area contributed by atoms with Crippen LogP contribution in [-0.2, 0) is 11.2 Å². The second-order valence-electron chi connectivity index (χ2n) is 8.57. The highest BCUT2D eigenvalue weighted by atomic mass is 32.2. The minimum Gasteiger partial charge on any atom is -0.360 e. The van der Waals surface area contributed by atoms with Crippen molar-refractivity contribution < 1.29 is 9.18 Å². The highest BCUT2D eigenvalue weighted by Gasteiger charge is 2.36. The van der Waals surface area contributed by atoms with Gasteiger partial charge in [0.2, 0.25) is 5.91 Å². The fourth-order valence-electron chi connectivity index (χ4n) is 4.35. The topological polar surface area (TPSA) is 47.9 Å². The molecule has 2 aromatic carbocycles. The molecule has 2 aliphatic heterocycles. The number of hydrogen-bond acceptors (Lipinski definition) is 4. The highest BCUT2D eigenvalue weighted by Crippen LogP contribution is 2.48. The van der Waals surface area contributed by atoms with E-state index in [1.54, 1.807) is 6.07 Å². The van der Waals surface area contributed by atoms with E-state index in [0.717, 1.165) is 21.7 Å². The summed E-state index contributed by atoms with van der Waals surface area (Å²) in [7, 11) is 0.144. The molecule has 0 aromatic heterocycles. The fraction of sp³-hybridized carbons (Fsp3) is 0.333. The molecule has 0 aliphatic carbocycles. The summed E-state index contributed by atoms with van der Waals surface area (Å²) in [4.78, 5) is 15.2. The van der Waals surface area contributed by atoms with Gasteiger partial charge in [0.05, 0.1) is 30.5 Å². The third-order valence-corrected chi connectivity index (χ3v) is 8.77. The number of carbonyl (C=O) groups excluding carboxylic acids is 1. The first-order chi connectivity index (χ1) is 14.6. The van der Waals surface area contributed by atoms with Gasteiger partial charge in [-0.1, -0.05) is 23.9 Å². The van der Waals surface area contributed by atoms with E-state index in [4.69, 9.17) is 0 Å². The molecule has 31 heavy (non-hydrogen) atoms.